The van der Waals surface area contributed by atoms with Crippen LogP contribution in [0.5, 0.6) is 11.5 Å². The fourth-order valence-electron chi connectivity index (χ4n) is 3.54. The van der Waals surface area contributed by atoms with Crippen molar-refractivity contribution in [1.29, 1.82) is 0 Å². The number of nitrogens with one attached hydrogen (secondary N) is 1. The average molecular weight is 308 g/mol. The van der Waals surface area contributed by atoms with Crippen molar-refractivity contribution in [3.05, 3.63) is 60.2 Å². The van der Waals surface area contributed by atoms with E-state index in [-0.39, 0.29) is 0 Å². The van der Waals surface area contributed by atoms with E-state index < -0.39 is 0 Å². The van der Waals surface area contributed by atoms with Crippen molar-refractivity contribution in [3.63, 3.8) is 0 Å². The number of nitrogens with zero attached hydrogens (tertiary/aromatic N) is 1. The molecule has 0 spiro atoms. The summed E-state index contributed by atoms with van der Waals surface area (Å²) in [5, 5.41) is 3.46. The van der Waals surface area contributed by atoms with E-state index in [1.807, 2.05) is 30.3 Å². The van der Waals surface area contributed by atoms with E-state index in [0.29, 0.717) is 6.04 Å². The molecule has 0 radical (unpaired) electrons. The summed E-state index contributed by atoms with van der Waals surface area (Å²) in [6, 6.07) is 19.3. The molecule has 2 fully saturated rings. The number of benzene rings is 2. The molecule has 1 N–H and O–H groups in total. The Labute approximate surface area is 138 Å². The van der Waals surface area contributed by atoms with Crippen molar-refractivity contribution in [2.45, 2.75) is 18.9 Å². The van der Waals surface area contributed by atoms with Crippen molar-refractivity contribution < 1.29 is 4.74 Å². The Morgan fingerprint density at radius 1 is 0.913 bits per heavy atom. The molecule has 3 nitrogen and oxygen atoms in total. The van der Waals surface area contributed by atoms with Crippen LogP contribution in [0.3, 0.4) is 0 Å². The van der Waals surface area contributed by atoms with Crippen LogP contribution in [-0.4, -0.2) is 31.1 Å². The molecule has 23 heavy (non-hydrogen) atoms. The Bertz CT molecular complexity index is 633. The maximum absolute atomic E-state index is 6.03. The summed E-state index contributed by atoms with van der Waals surface area (Å²) in [7, 11) is 0. The number of rotatable bonds is 5. The van der Waals surface area contributed by atoms with Crippen LogP contribution in [-0.2, 0) is 0 Å². The predicted octanol–water partition coefficient (Wildman–Crippen LogP) is 3.84. The number of piperazine rings is 1. The monoisotopic (exact) mass is 308 g/mol. The van der Waals surface area contributed by atoms with E-state index in [4.69, 9.17) is 4.74 Å². The van der Waals surface area contributed by atoms with Crippen LogP contribution < -0.4 is 10.1 Å². The second kappa shape index (κ2) is 6.73. The fourth-order valence-corrected chi connectivity index (χ4v) is 3.54. The number of hydrogen-bond donors (Lipinski definition) is 1. The second-order valence-electron chi connectivity index (χ2n) is 6.56. The van der Waals surface area contributed by atoms with Gasteiger partial charge in [0.2, 0.25) is 0 Å². The molecule has 2 aliphatic rings. The minimum atomic E-state index is 0.552. The van der Waals surface area contributed by atoms with Gasteiger partial charge in [-0.25, -0.2) is 0 Å². The predicted molar refractivity (Wildman–Crippen MR) is 92.9 cm³/mol. The zero-order valence-electron chi connectivity index (χ0n) is 13.4. The molecule has 1 saturated heterocycles. The van der Waals surface area contributed by atoms with Crippen LogP contribution in [0.4, 0.5) is 0 Å². The zero-order valence-corrected chi connectivity index (χ0v) is 13.4. The van der Waals surface area contributed by atoms with Crippen LogP contribution in [0.25, 0.3) is 0 Å². The molecule has 1 aliphatic heterocycles. The van der Waals surface area contributed by atoms with Gasteiger partial charge in [0, 0.05) is 32.2 Å². The molecule has 1 saturated carbocycles. The summed E-state index contributed by atoms with van der Waals surface area (Å²) in [6.45, 7) is 4.49. The van der Waals surface area contributed by atoms with E-state index in [1.165, 1.54) is 18.4 Å². The molecule has 0 bridgehead atoms. The summed E-state index contributed by atoms with van der Waals surface area (Å²) in [6.07, 6.45) is 2.72. The standard InChI is InChI=1S/C20H24N2O/c1-2-6-18(7-3-1)23-19-8-4-5-17(15-19)20(16-9-10-16)22-13-11-21-12-14-22/h1-8,15-16,20-21H,9-14H2/t20-/m1/s1. The molecule has 2 aromatic carbocycles. The topological polar surface area (TPSA) is 24.5 Å². The van der Waals surface area contributed by atoms with E-state index >= 15 is 0 Å². The first-order chi connectivity index (χ1) is 11.4. The first-order valence-corrected chi connectivity index (χ1v) is 8.68. The molecule has 2 aromatic rings. The number of para-hydroxylation sites is 1. The third kappa shape index (κ3) is 3.57. The Balaban J connectivity index is 1.56. The molecule has 0 aromatic heterocycles. The average Bonchev–Trinajstić information content (AvgIpc) is 3.42. The minimum absolute atomic E-state index is 0.552. The lowest BCUT2D eigenvalue weighted by Gasteiger charge is -2.35. The number of hydrogen-bond acceptors (Lipinski definition) is 3. The van der Waals surface area contributed by atoms with Crippen molar-refractivity contribution in [1.82, 2.24) is 10.2 Å². The maximum atomic E-state index is 6.03. The minimum Gasteiger partial charge on any atom is -0.457 e. The van der Waals surface area contributed by atoms with Gasteiger partial charge >= 0.3 is 0 Å². The third-order valence-corrected chi connectivity index (χ3v) is 4.79. The molecule has 0 unspecified atom stereocenters. The lowest BCUT2D eigenvalue weighted by molar-refractivity contribution is 0.156. The quantitative estimate of drug-likeness (QED) is 0.908. The van der Waals surface area contributed by atoms with Crippen LogP contribution in [0, 0.1) is 5.92 Å². The van der Waals surface area contributed by atoms with E-state index in [1.54, 1.807) is 0 Å². The Hall–Kier alpha value is -1.84. The van der Waals surface area contributed by atoms with Gasteiger partial charge in [0.1, 0.15) is 11.5 Å². The van der Waals surface area contributed by atoms with Gasteiger partial charge in [-0.15, -0.1) is 0 Å². The summed E-state index contributed by atoms with van der Waals surface area (Å²) >= 11 is 0. The van der Waals surface area contributed by atoms with Gasteiger partial charge in [-0.05, 0) is 48.6 Å². The first-order valence-electron chi connectivity index (χ1n) is 8.68. The summed E-state index contributed by atoms with van der Waals surface area (Å²) in [4.78, 5) is 2.65. The number of ether oxygens (including phenoxy) is 1. The lowest BCUT2D eigenvalue weighted by Crippen LogP contribution is -2.45. The molecule has 0 amide bonds. The van der Waals surface area contributed by atoms with Gasteiger partial charge in [-0.3, -0.25) is 4.90 Å². The maximum Gasteiger partial charge on any atom is 0.127 e. The van der Waals surface area contributed by atoms with Gasteiger partial charge in [-0.2, -0.15) is 0 Å². The van der Waals surface area contributed by atoms with Gasteiger partial charge < -0.3 is 10.1 Å². The highest BCUT2D eigenvalue weighted by atomic mass is 16.5. The van der Waals surface area contributed by atoms with Crippen molar-refractivity contribution >= 4 is 0 Å². The largest absolute Gasteiger partial charge is 0.457 e. The fraction of sp³-hybridized carbons (Fsp3) is 0.400. The second-order valence-corrected chi connectivity index (χ2v) is 6.56. The zero-order chi connectivity index (χ0) is 15.5. The van der Waals surface area contributed by atoms with Crippen molar-refractivity contribution in [2.75, 3.05) is 26.2 Å². The SMILES string of the molecule is c1ccc(Oc2cccc([C@@H](C3CC3)N3CCNCC3)c2)cc1. The molecular formula is C20H24N2O. The smallest absolute Gasteiger partial charge is 0.127 e. The van der Waals surface area contributed by atoms with E-state index in [0.717, 1.165) is 43.6 Å². The highest BCUT2D eigenvalue weighted by Gasteiger charge is 2.36. The van der Waals surface area contributed by atoms with Gasteiger partial charge in [0.15, 0.2) is 0 Å². The molecule has 3 heteroatoms. The van der Waals surface area contributed by atoms with Gasteiger partial charge in [0.25, 0.3) is 0 Å². The van der Waals surface area contributed by atoms with Crippen LogP contribution in [0.1, 0.15) is 24.4 Å². The van der Waals surface area contributed by atoms with Crippen LogP contribution in [0.15, 0.2) is 54.6 Å². The Kier molecular flexibility index (Phi) is 4.31. The molecule has 1 aliphatic carbocycles. The first kappa shape index (κ1) is 14.7. The summed E-state index contributed by atoms with van der Waals surface area (Å²) in [5.41, 5.74) is 1.41. The Morgan fingerprint density at radius 3 is 2.39 bits per heavy atom. The molecule has 1 atom stereocenters. The molecule has 4 rings (SSSR count). The van der Waals surface area contributed by atoms with E-state index in [9.17, 15) is 0 Å². The van der Waals surface area contributed by atoms with Crippen LogP contribution >= 0.6 is 0 Å². The molecular weight excluding hydrogens is 284 g/mol. The van der Waals surface area contributed by atoms with Gasteiger partial charge in [0.05, 0.1) is 0 Å². The van der Waals surface area contributed by atoms with Crippen LogP contribution in [0.2, 0.25) is 0 Å². The van der Waals surface area contributed by atoms with Crippen molar-refractivity contribution in [2.24, 2.45) is 5.92 Å². The molecule has 120 valence electrons. The van der Waals surface area contributed by atoms with Crippen molar-refractivity contribution in [3.8, 4) is 11.5 Å². The lowest BCUT2D eigenvalue weighted by atomic mass is 9.99. The highest BCUT2D eigenvalue weighted by Crippen LogP contribution is 2.45. The van der Waals surface area contributed by atoms with Gasteiger partial charge in [-0.1, -0.05) is 30.3 Å². The van der Waals surface area contributed by atoms with E-state index in [2.05, 4.69) is 34.5 Å². The third-order valence-electron chi connectivity index (χ3n) is 4.79. The normalized spacial score (nSPS) is 20.2. The summed E-state index contributed by atoms with van der Waals surface area (Å²) < 4.78 is 6.03. The molecule has 1 heterocycles. The highest BCUT2D eigenvalue weighted by molar-refractivity contribution is 5.35. The Morgan fingerprint density at radius 2 is 1.65 bits per heavy atom. The summed E-state index contributed by atoms with van der Waals surface area (Å²) in [5.74, 6) is 2.66.